The van der Waals surface area contributed by atoms with E-state index in [1.807, 2.05) is 66.8 Å². The molecule has 3 rings (SSSR count). The molecule has 1 fully saturated rings. The molecule has 0 bridgehead atoms. The van der Waals surface area contributed by atoms with Gasteiger partial charge < -0.3 is 5.32 Å². The SMILES string of the molecule is C[C@@H](NC(=O)c1ccc(C2SCCCS2)cc1)c1ccc(Cl)cc1. The first-order valence-corrected chi connectivity index (χ1v) is 10.5. The van der Waals surface area contributed by atoms with Crippen LogP contribution in [0.15, 0.2) is 48.5 Å². The first kappa shape index (κ1) is 17.7. The summed E-state index contributed by atoms with van der Waals surface area (Å²) in [6.07, 6.45) is 1.29. The Morgan fingerprint density at radius 1 is 1.08 bits per heavy atom. The summed E-state index contributed by atoms with van der Waals surface area (Å²) in [5.74, 6) is 2.39. The topological polar surface area (TPSA) is 29.1 Å². The number of carbonyl (C=O) groups excluding carboxylic acids is 1. The van der Waals surface area contributed by atoms with Gasteiger partial charge in [0.2, 0.25) is 0 Å². The van der Waals surface area contributed by atoms with Gasteiger partial charge in [0.15, 0.2) is 0 Å². The molecule has 0 saturated carbocycles. The molecule has 1 atom stereocenters. The zero-order valence-electron chi connectivity index (χ0n) is 13.5. The van der Waals surface area contributed by atoms with Crippen molar-refractivity contribution in [3.63, 3.8) is 0 Å². The van der Waals surface area contributed by atoms with Crippen LogP contribution >= 0.6 is 35.1 Å². The Morgan fingerprint density at radius 2 is 1.71 bits per heavy atom. The number of halogens is 1. The number of nitrogens with one attached hydrogen (secondary N) is 1. The molecule has 0 aromatic heterocycles. The van der Waals surface area contributed by atoms with E-state index in [0.29, 0.717) is 15.2 Å². The van der Waals surface area contributed by atoms with Gasteiger partial charge in [0.05, 0.1) is 10.6 Å². The maximum Gasteiger partial charge on any atom is 0.251 e. The minimum Gasteiger partial charge on any atom is -0.346 e. The van der Waals surface area contributed by atoms with Gasteiger partial charge in [-0.3, -0.25) is 4.79 Å². The molecule has 0 aliphatic carbocycles. The van der Waals surface area contributed by atoms with E-state index in [4.69, 9.17) is 11.6 Å². The minimum absolute atomic E-state index is 0.0482. The highest BCUT2D eigenvalue weighted by Crippen LogP contribution is 2.43. The Morgan fingerprint density at radius 3 is 2.33 bits per heavy atom. The second-order valence-corrected chi connectivity index (χ2v) is 8.96. The van der Waals surface area contributed by atoms with Gasteiger partial charge in [0.25, 0.3) is 5.91 Å². The van der Waals surface area contributed by atoms with Crippen LogP contribution in [0.4, 0.5) is 0 Å². The number of hydrogen-bond donors (Lipinski definition) is 1. The fourth-order valence-corrected chi connectivity index (χ4v) is 5.61. The van der Waals surface area contributed by atoms with Crippen LogP contribution in [0.25, 0.3) is 0 Å². The third-order valence-corrected chi connectivity index (χ3v) is 7.26. The lowest BCUT2D eigenvalue weighted by Gasteiger charge is -2.21. The number of benzene rings is 2. The van der Waals surface area contributed by atoms with Crippen molar-refractivity contribution in [3.05, 3.63) is 70.2 Å². The molecule has 0 spiro atoms. The second-order valence-electron chi connectivity index (χ2n) is 5.80. The lowest BCUT2D eigenvalue weighted by molar-refractivity contribution is 0.0940. The van der Waals surface area contributed by atoms with Crippen LogP contribution in [0.1, 0.15) is 45.5 Å². The summed E-state index contributed by atoms with van der Waals surface area (Å²) >= 11 is 9.89. The molecular formula is C19H20ClNOS2. The number of thioether (sulfide) groups is 2. The summed E-state index contributed by atoms with van der Waals surface area (Å²) in [6.45, 7) is 1.98. The summed E-state index contributed by atoms with van der Waals surface area (Å²) in [4.78, 5) is 12.4. The first-order valence-electron chi connectivity index (χ1n) is 8.03. The summed E-state index contributed by atoms with van der Waals surface area (Å²) in [7, 11) is 0. The van der Waals surface area contributed by atoms with Crippen molar-refractivity contribution >= 4 is 41.0 Å². The highest BCUT2D eigenvalue weighted by atomic mass is 35.5. The fourth-order valence-electron chi connectivity index (χ4n) is 2.59. The molecule has 0 radical (unpaired) electrons. The summed E-state index contributed by atoms with van der Waals surface area (Å²) < 4.78 is 0.504. The van der Waals surface area contributed by atoms with E-state index in [9.17, 15) is 4.79 Å². The van der Waals surface area contributed by atoms with Crippen molar-refractivity contribution in [2.45, 2.75) is 24.0 Å². The smallest absolute Gasteiger partial charge is 0.251 e. The monoisotopic (exact) mass is 377 g/mol. The zero-order chi connectivity index (χ0) is 16.9. The molecule has 0 unspecified atom stereocenters. The summed E-state index contributed by atoms with van der Waals surface area (Å²) in [6, 6.07) is 15.5. The molecule has 24 heavy (non-hydrogen) atoms. The lowest BCUT2D eigenvalue weighted by atomic mass is 10.1. The molecule has 126 valence electrons. The standard InChI is InChI=1S/C19H20ClNOS2/c1-13(14-7-9-17(20)10-8-14)21-18(22)15-3-5-16(6-4-15)19-23-11-2-12-24-19/h3-10,13,19H,2,11-12H2,1H3,(H,21,22)/t13-/m1/s1. The van der Waals surface area contributed by atoms with Gasteiger partial charge in [-0.1, -0.05) is 35.9 Å². The van der Waals surface area contributed by atoms with Crippen LogP contribution in [-0.2, 0) is 0 Å². The van der Waals surface area contributed by atoms with E-state index >= 15 is 0 Å². The molecule has 2 aromatic rings. The van der Waals surface area contributed by atoms with Crippen LogP contribution in [0.2, 0.25) is 5.02 Å². The molecule has 1 N–H and O–H groups in total. The molecule has 1 amide bonds. The molecular weight excluding hydrogens is 358 g/mol. The zero-order valence-corrected chi connectivity index (χ0v) is 15.9. The Labute approximate surface area is 156 Å². The Bertz CT molecular complexity index is 682. The summed E-state index contributed by atoms with van der Waals surface area (Å²) in [5.41, 5.74) is 3.04. The largest absolute Gasteiger partial charge is 0.346 e. The quantitative estimate of drug-likeness (QED) is 0.740. The van der Waals surface area contributed by atoms with Crippen molar-refractivity contribution in [1.29, 1.82) is 0 Å². The minimum atomic E-state index is -0.0566. The molecule has 2 nitrogen and oxygen atoms in total. The predicted molar refractivity (Wildman–Crippen MR) is 106 cm³/mol. The Kier molecular flexibility index (Phi) is 6.14. The molecule has 5 heteroatoms. The van der Waals surface area contributed by atoms with E-state index in [-0.39, 0.29) is 11.9 Å². The van der Waals surface area contributed by atoms with E-state index in [2.05, 4.69) is 17.4 Å². The van der Waals surface area contributed by atoms with Gasteiger partial charge in [-0.05, 0) is 60.2 Å². The van der Waals surface area contributed by atoms with Gasteiger partial charge in [-0.2, -0.15) is 0 Å². The van der Waals surface area contributed by atoms with E-state index < -0.39 is 0 Å². The average Bonchev–Trinajstić information content (AvgIpc) is 2.63. The second kappa shape index (κ2) is 8.32. The highest BCUT2D eigenvalue weighted by molar-refractivity contribution is 8.16. The van der Waals surface area contributed by atoms with Crippen molar-refractivity contribution in [2.75, 3.05) is 11.5 Å². The van der Waals surface area contributed by atoms with Crippen LogP contribution in [0.3, 0.4) is 0 Å². The lowest BCUT2D eigenvalue weighted by Crippen LogP contribution is -2.26. The Balaban J connectivity index is 1.63. The Hall–Kier alpha value is -1.10. The van der Waals surface area contributed by atoms with E-state index in [1.54, 1.807) is 0 Å². The molecule has 1 heterocycles. The van der Waals surface area contributed by atoms with E-state index in [1.165, 1.54) is 23.5 Å². The molecule has 1 aliphatic heterocycles. The van der Waals surface area contributed by atoms with Crippen LogP contribution < -0.4 is 5.32 Å². The third-order valence-electron chi connectivity index (χ3n) is 3.99. The fraction of sp³-hybridized carbons (Fsp3) is 0.316. The highest BCUT2D eigenvalue weighted by Gasteiger charge is 2.17. The van der Waals surface area contributed by atoms with Gasteiger partial charge in [0, 0.05) is 10.6 Å². The first-order chi connectivity index (χ1) is 11.6. The number of hydrogen-bond acceptors (Lipinski definition) is 3. The van der Waals surface area contributed by atoms with Crippen molar-refractivity contribution in [3.8, 4) is 0 Å². The van der Waals surface area contributed by atoms with Gasteiger partial charge in [0.1, 0.15) is 0 Å². The van der Waals surface area contributed by atoms with Crippen LogP contribution in [-0.4, -0.2) is 17.4 Å². The predicted octanol–water partition coefficient (Wildman–Crippen LogP) is 5.70. The summed E-state index contributed by atoms with van der Waals surface area (Å²) in [5, 5.41) is 3.74. The van der Waals surface area contributed by atoms with Gasteiger partial charge in [-0.15, -0.1) is 23.5 Å². The van der Waals surface area contributed by atoms with E-state index in [0.717, 1.165) is 5.56 Å². The van der Waals surface area contributed by atoms with Crippen LogP contribution in [0, 0.1) is 0 Å². The number of amides is 1. The molecule has 1 aliphatic rings. The van der Waals surface area contributed by atoms with Gasteiger partial charge in [-0.25, -0.2) is 0 Å². The van der Waals surface area contributed by atoms with Crippen molar-refractivity contribution < 1.29 is 4.79 Å². The van der Waals surface area contributed by atoms with Gasteiger partial charge >= 0.3 is 0 Å². The van der Waals surface area contributed by atoms with Crippen molar-refractivity contribution in [1.82, 2.24) is 5.32 Å². The third kappa shape index (κ3) is 4.50. The molecule has 1 saturated heterocycles. The maximum atomic E-state index is 12.4. The number of carbonyl (C=O) groups is 1. The average molecular weight is 378 g/mol. The van der Waals surface area contributed by atoms with Crippen LogP contribution in [0.5, 0.6) is 0 Å². The molecule has 2 aromatic carbocycles. The number of rotatable bonds is 4. The maximum absolute atomic E-state index is 12.4. The van der Waals surface area contributed by atoms with Crippen molar-refractivity contribution in [2.24, 2.45) is 0 Å². The normalized spacial score (nSPS) is 16.6.